The number of amides is 2. The van der Waals surface area contributed by atoms with Crippen molar-refractivity contribution in [1.82, 2.24) is 10.2 Å². The van der Waals surface area contributed by atoms with Crippen molar-refractivity contribution in [2.75, 3.05) is 13.2 Å². The van der Waals surface area contributed by atoms with E-state index in [-0.39, 0.29) is 49.3 Å². The first kappa shape index (κ1) is 33.4. The Morgan fingerprint density at radius 2 is 1.58 bits per heavy atom. The van der Waals surface area contributed by atoms with E-state index in [9.17, 15) is 19.5 Å². The fourth-order valence-electron chi connectivity index (χ4n) is 5.84. The van der Waals surface area contributed by atoms with Crippen LogP contribution in [0.1, 0.15) is 54.0 Å². The lowest BCUT2D eigenvalue weighted by atomic mass is 9.92. The first-order valence-corrected chi connectivity index (χ1v) is 15.7. The first-order chi connectivity index (χ1) is 21.9. The van der Waals surface area contributed by atoms with Crippen LogP contribution in [0.2, 0.25) is 0 Å². The van der Waals surface area contributed by atoms with Gasteiger partial charge in [-0.15, -0.1) is 13.2 Å². The highest BCUT2D eigenvalue weighted by atomic mass is 16.5. The third-order valence-corrected chi connectivity index (χ3v) is 8.40. The van der Waals surface area contributed by atoms with Crippen molar-refractivity contribution in [3.05, 3.63) is 132 Å². The summed E-state index contributed by atoms with van der Waals surface area (Å²) in [5.74, 6) is -1.86. The maximum atomic E-state index is 13.5. The molecule has 0 fully saturated rings. The molecule has 0 unspecified atom stereocenters. The Balaban J connectivity index is 1.44. The monoisotopic (exact) mass is 608 g/mol. The van der Waals surface area contributed by atoms with Crippen molar-refractivity contribution in [3.8, 4) is 0 Å². The van der Waals surface area contributed by atoms with Crippen LogP contribution in [0.3, 0.4) is 0 Å². The van der Waals surface area contributed by atoms with Crippen LogP contribution < -0.4 is 5.32 Å². The van der Waals surface area contributed by atoms with Gasteiger partial charge in [-0.2, -0.15) is 0 Å². The van der Waals surface area contributed by atoms with E-state index in [1.54, 1.807) is 17.1 Å². The molecule has 0 spiro atoms. The highest BCUT2D eigenvalue weighted by Crippen LogP contribution is 2.26. The molecule has 7 heteroatoms. The summed E-state index contributed by atoms with van der Waals surface area (Å²) in [6.07, 6.45) is 5.40. The second kappa shape index (κ2) is 17.1. The number of hydrogen-bond acceptors (Lipinski definition) is 5. The minimum atomic E-state index is -0.706. The summed E-state index contributed by atoms with van der Waals surface area (Å²) in [6.45, 7) is 7.92. The van der Waals surface area contributed by atoms with E-state index in [1.807, 2.05) is 84.9 Å². The Morgan fingerprint density at radius 3 is 2.24 bits per heavy atom. The number of nitrogens with zero attached hydrogens (tertiary/aromatic N) is 1. The van der Waals surface area contributed by atoms with Crippen LogP contribution in [0.5, 0.6) is 0 Å². The summed E-state index contributed by atoms with van der Waals surface area (Å²) in [7, 11) is 0. The van der Waals surface area contributed by atoms with Crippen molar-refractivity contribution in [2.24, 2.45) is 11.8 Å². The SMILES string of the molecule is C=CCC[C@H](Cc1ccccc1)C(=O)O[C@H](CNC(=O)[C@H](CC=C)CC(=O)N1Cc2ccccc2C[C@H]1CO)c1ccccc1. The zero-order chi connectivity index (χ0) is 32.0. The maximum absolute atomic E-state index is 13.5. The van der Waals surface area contributed by atoms with Crippen molar-refractivity contribution in [2.45, 2.75) is 57.2 Å². The zero-order valence-electron chi connectivity index (χ0n) is 25.9. The fourth-order valence-corrected chi connectivity index (χ4v) is 5.84. The molecule has 0 bridgehead atoms. The zero-order valence-corrected chi connectivity index (χ0v) is 25.9. The lowest BCUT2D eigenvalue weighted by Gasteiger charge is -2.36. The molecule has 45 heavy (non-hydrogen) atoms. The van der Waals surface area contributed by atoms with Gasteiger partial charge >= 0.3 is 5.97 Å². The van der Waals surface area contributed by atoms with Crippen LogP contribution in [0.25, 0.3) is 0 Å². The molecule has 3 aromatic carbocycles. The largest absolute Gasteiger partial charge is 0.455 e. The Kier molecular flexibility index (Phi) is 12.7. The molecule has 0 aliphatic carbocycles. The molecule has 7 nitrogen and oxygen atoms in total. The Hall–Kier alpha value is -4.49. The van der Waals surface area contributed by atoms with E-state index in [2.05, 4.69) is 18.5 Å². The quantitative estimate of drug-likeness (QED) is 0.160. The molecule has 236 valence electrons. The third kappa shape index (κ3) is 9.50. The number of aliphatic hydroxyl groups is 1. The Labute approximate surface area is 266 Å². The van der Waals surface area contributed by atoms with E-state index < -0.39 is 12.0 Å². The second-order valence-corrected chi connectivity index (χ2v) is 11.6. The lowest BCUT2D eigenvalue weighted by Crippen LogP contribution is -2.47. The van der Waals surface area contributed by atoms with E-state index >= 15 is 0 Å². The molecule has 4 atom stereocenters. The summed E-state index contributed by atoms with van der Waals surface area (Å²) >= 11 is 0. The molecule has 0 aromatic heterocycles. The van der Waals surface area contributed by atoms with Crippen LogP contribution in [0, 0.1) is 11.8 Å². The van der Waals surface area contributed by atoms with Gasteiger partial charge in [-0.3, -0.25) is 14.4 Å². The van der Waals surface area contributed by atoms with Crippen LogP contribution >= 0.6 is 0 Å². The van der Waals surface area contributed by atoms with Gasteiger partial charge < -0.3 is 20.1 Å². The molecule has 3 aromatic rings. The van der Waals surface area contributed by atoms with Crippen LogP contribution in [-0.4, -0.2) is 47.0 Å². The summed E-state index contributed by atoms with van der Waals surface area (Å²) in [5, 5.41) is 13.0. The van der Waals surface area contributed by atoms with Gasteiger partial charge in [-0.1, -0.05) is 97.1 Å². The molecule has 4 rings (SSSR count). The molecule has 0 radical (unpaired) electrons. The minimum absolute atomic E-state index is 0.0208. The van der Waals surface area contributed by atoms with Crippen molar-refractivity contribution >= 4 is 17.8 Å². The van der Waals surface area contributed by atoms with Crippen LogP contribution in [-0.2, 0) is 38.5 Å². The molecule has 0 saturated heterocycles. The number of rotatable bonds is 16. The highest BCUT2D eigenvalue weighted by Gasteiger charge is 2.32. The van der Waals surface area contributed by atoms with Crippen LogP contribution in [0.15, 0.2) is 110 Å². The molecule has 2 N–H and O–H groups in total. The number of hydrogen-bond donors (Lipinski definition) is 2. The van der Waals surface area contributed by atoms with E-state index in [0.717, 1.165) is 22.3 Å². The summed E-state index contributed by atoms with van der Waals surface area (Å²) in [4.78, 5) is 42.2. The number of nitrogens with one attached hydrogen (secondary N) is 1. The van der Waals surface area contributed by atoms with Gasteiger partial charge in [0.05, 0.1) is 31.0 Å². The predicted molar refractivity (Wildman–Crippen MR) is 176 cm³/mol. The van der Waals surface area contributed by atoms with Gasteiger partial charge in [-0.25, -0.2) is 0 Å². The molecule has 2 amide bonds. The molecule has 1 aliphatic heterocycles. The number of ether oxygens (including phenoxy) is 1. The summed E-state index contributed by atoms with van der Waals surface area (Å²) in [5.41, 5.74) is 3.98. The van der Waals surface area contributed by atoms with Crippen molar-refractivity contribution < 1.29 is 24.2 Å². The highest BCUT2D eigenvalue weighted by molar-refractivity contribution is 5.86. The number of benzene rings is 3. The second-order valence-electron chi connectivity index (χ2n) is 11.6. The van der Waals surface area contributed by atoms with Crippen molar-refractivity contribution in [1.29, 1.82) is 0 Å². The average Bonchev–Trinajstić information content (AvgIpc) is 3.08. The fraction of sp³-hybridized carbons (Fsp3) is 0.342. The van der Waals surface area contributed by atoms with Crippen LogP contribution in [0.4, 0.5) is 0 Å². The Morgan fingerprint density at radius 1 is 0.911 bits per heavy atom. The van der Waals surface area contributed by atoms with Crippen molar-refractivity contribution in [3.63, 3.8) is 0 Å². The number of allylic oxidation sites excluding steroid dienone is 2. The third-order valence-electron chi connectivity index (χ3n) is 8.40. The summed E-state index contributed by atoms with van der Waals surface area (Å²) < 4.78 is 6.09. The van der Waals surface area contributed by atoms with Gasteiger partial charge in [-0.05, 0) is 54.4 Å². The van der Waals surface area contributed by atoms with E-state index in [4.69, 9.17) is 4.74 Å². The predicted octanol–water partition coefficient (Wildman–Crippen LogP) is 5.74. The number of esters is 1. The normalized spacial score (nSPS) is 16.0. The molecule has 1 heterocycles. The van der Waals surface area contributed by atoms with Gasteiger partial charge in [0.15, 0.2) is 0 Å². The average molecular weight is 609 g/mol. The standard InChI is InChI=1S/C38H44N2O5/c1-3-5-17-32(22-28-15-8-6-9-16-28)38(44)45-35(29-18-10-7-11-19-29)25-39-37(43)31(14-4-2)24-36(42)40-26-33-21-13-12-20-30(33)23-34(40)27-41/h3-4,6-13,15-16,18-21,31-32,34-35,41H,1-2,5,14,17,22-27H2,(H,39,43)/t31-,32-,34+,35-/m1/s1. The number of carbonyl (C=O) groups excluding carboxylic acids is 3. The first-order valence-electron chi connectivity index (χ1n) is 15.7. The molecular weight excluding hydrogens is 564 g/mol. The lowest BCUT2D eigenvalue weighted by molar-refractivity contribution is -0.155. The van der Waals surface area contributed by atoms with Gasteiger partial charge in [0.25, 0.3) is 0 Å². The minimum Gasteiger partial charge on any atom is -0.455 e. The topological polar surface area (TPSA) is 95.9 Å². The molecule has 1 aliphatic rings. The maximum Gasteiger partial charge on any atom is 0.309 e. The van der Waals surface area contributed by atoms with Gasteiger partial charge in [0.2, 0.25) is 11.8 Å². The molecule has 0 saturated carbocycles. The van der Waals surface area contributed by atoms with E-state index in [1.165, 1.54) is 0 Å². The molecular formula is C38H44N2O5. The summed E-state index contributed by atoms with van der Waals surface area (Å²) in [6, 6.07) is 26.8. The number of aliphatic hydroxyl groups excluding tert-OH is 1. The Bertz CT molecular complexity index is 1420. The van der Waals surface area contributed by atoms with Gasteiger partial charge in [0.1, 0.15) is 6.10 Å². The van der Waals surface area contributed by atoms with Gasteiger partial charge in [0, 0.05) is 13.0 Å². The number of fused-ring (bicyclic) bond motifs is 1. The van der Waals surface area contributed by atoms with E-state index in [0.29, 0.717) is 38.6 Å². The number of carbonyl (C=O) groups is 3. The smallest absolute Gasteiger partial charge is 0.309 e.